The van der Waals surface area contributed by atoms with Gasteiger partial charge in [0.25, 0.3) is 8.32 Å². The van der Waals surface area contributed by atoms with E-state index in [1.165, 1.54) is 15.6 Å². The van der Waals surface area contributed by atoms with Gasteiger partial charge in [-0.1, -0.05) is 126 Å². The minimum atomic E-state index is -2.71. The molecule has 0 aliphatic rings. The van der Waals surface area contributed by atoms with Crippen LogP contribution in [0.15, 0.2) is 103 Å². The highest BCUT2D eigenvalue weighted by molar-refractivity contribution is 7.20. The van der Waals surface area contributed by atoms with Crippen molar-refractivity contribution < 1.29 is 4.43 Å². The minimum absolute atomic E-state index is 0.406. The molecule has 0 saturated heterocycles. The summed E-state index contributed by atoms with van der Waals surface area (Å²) < 4.78 is 7.28. The molecule has 0 aromatic heterocycles. The van der Waals surface area contributed by atoms with Gasteiger partial charge in [-0.05, 0) is 28.9 Å². The molecule has 0 spiro atoms. The van der Waals surface area contributed by atoms with Crippen molar-refractivity contribution in [1.29, 1.82) is 0 Å². The molecule has 1 nitrogen and oxygen atoms in total. The average Bonchev–Trinajstić information content (AvgIpc) is 2.74. The van der Waals surface area contributed by atoms with Crippen LogP contribution in [-0.2, 0) is 4.43 Å². The van der Waals surface area contributed by atoms with Gasteiger partial charge in [0, 0.05) is 0 Å². The Morgan fingerprint density at radius 1 is 0.786 bits per heavy atom. The molecule has 0 fully saturated rings. The van der Waals surface area contributed by atoms with Crippen molar-refractivity contribution in [2.45, 2.75) is 32.0 Å². The lowest BCUT2D eigenvalue weighted by Gasteiger charge is -2.41. The van der Waals surface area contributed by atoms with Crippen LogP contribution in [0.5, 0.6) is 0 Å². The van der Waals surface area contributed by atoms with Gasteiger partial charge in [0.1, 0.15) is 0 Å². The topological polar surface area (TPSA) is 9.23 Å². The fraction of sp³-hybridized carbons (Fsp3) is 0.200. The Kier molecular flexibility index (Phi) is 7.01. The number of benzene rings is 3. The summed E-state index contributed by atoms with van der Waals surface area (Å²) in [6.45, 7) is 4.27. The molecule has 0 aliphatic heterocycles. The molecule has 3 aromatic carbocycles. The minimum Gasteiger partial charge on any atom is -0.392 e. The zero-order chi connectivity index (χ0) is 19.9. The number of hydrogen-bond donors (Lipinski definition) is 0. The largest absolute Gasteiger partial charge is 0.392 e. The van der Waals surface area contributed by atoms with Crippen molar-refractivity contribution >= 4 is 33.1 Å². The maximum atomic E-state index is 7.28. The third-order valence-electron chi connectivity index (χ3n) is 4.97. The first kappa shape index (κ1) is 20.7. The lowest BCUT2D eigenvalue weighted by Crippen LogP contribution is -2.71. The third kappa shape index (κ3) is 4.36. The summed E-state index contributed by atoms with van der Waals surface area (Å²) in [5.74, 6) is 0. The van der Waals surface area contributed by atoms with Crippen LogP contribution in [0.1, 0.15) is 26.7 Å². The first-order valence-electron chi connectivity index (χ1n) is 9.94. The van der Waals surface area contributed by atoms with Gasteiger partial charge in [-0.25, -0.2) is 0 Å². The second kappa shape index (κ2) is 9.47. The van der Waals surface area contributed by atoms with Gasteiger partial charge in [0.2, 0.25) is 0 Å². The SMILES string of the molecule is CC=CC(P)(CCC)O[Si](c1ccccc1)(c1ccccc1)c1ccccc1. The molecule has 0 bridgehead atoms. The van der Waals surface area contributed by atoms with Crippen LogP contribution >= 0.6 is 9.24 Å². The van der Waals surface area contributed by atoms with Gasteiger partial charge >= 0.3 is 0 Å². The summed E-state index contributed by atoms with van der Waals surface area (Å²) >= 11 is 0. The molecule has 3 rings (SSSR count). The summed E-state index contributed by atoms with van der Waals surface area (Å²) in [4.78, 5) is 0. The monoisotopic (exact) mass is 404 g/mol. The zero-order valence-electron chi connectivity index (χ0n) is 16.7. The van der Waals surface area contributed by atoms with Crippen molar-refractivity contribution in [2.75, 3.05) is 0 Å². The van der Waals surface area contributed by atoms with Crippen molar-refractivity contribution in [3.63, 3.8) is 0 Å². The van der Waals surface area contributed by atoms with E-state index in [0.717, 1.165) is 12.8 Å². The van der Waals surface area contributed by atoms with Crippen LogP contribution < -0.4 is 15.6 Å². The van der Waals surface area contributed by atoms with Crippen molar-refractivity contribution in [2.24, 2.45) is 0 Å². The van der Waals surface area contributed by atoms with E-state index in [1.54, 1.807) is 0 Å². The van der Waals surface area contributed by atoms with Crippen LogP contribution in [0.2, 0.25) is 0 Å². The van der Waals surface area contributed by atoms with E-state index < -0.39 is 13.7 Å². The molecule has 144 valence electrons. The second-order valence-corrected chi connectivity index (χ2v) is 11.4. The van der Waals surface area contributed by atoms with Gasteiger partial charge in [0.05, 0.1) is 5.34 Å². The molecule has 3 aromatic rings. The predicted octanol–water partition coefficient (Wildman–Crippen LogP) is 4.62. The highest BCUT2D eigenvalue weighted by atomic mass is 31.0. The fourth-order valence-electron chi connectivity index (χ4n) is 3.82. The lowest BCUT2D eigenvalue weighted by molar-refractivity contribution is 0.203. The zero-order valence-corrected chi connectivity index (χ0v) is 18.9. The van der Waals surface area contributed by atoms with Gasteiger partial charge < -0.3 is 4.43 Å². The molecule has 28 heavy (non-hydrogen) atoms. The number of rotatable bonds is 8. The van der Waals surface area contributed by atoms with E-state index in [0.29, 0.717) is 0 Å². The van der Waals surface area contributed by atoms with E-state index in [4.69, 9.17) is 4.43 Å². The summed E-state index contributed by atoms with van der Waals surface area (Å²) in [6, 6.07) is 32.3. The van der Waals surface area contributed by atoms with Gasteiger partial charge in [-0.3, -0.25) is 0 Å². The Bertz CT molecular complexity index is 784. The Hall–Kier alpha value is -1.99. The van der Waals surface area contributed by atoms with E-state index in [9.17, 15) is 0 Å². The molecule has 0 radical (unpaired) electrons. The maximum Gasteiger partial charge on any atom is 0.289 e. The Morgan fingerprint density at radius 2 is 1.18 bits per heavy atom. The van der Waals surface area contributed by atoms with E-state index in [2.05, 4.69) is 126 Å². The molecule has 2 atom stereocenters. The summed E-state index contributed by atoms with van der Waals surface area (Å²) in [5, 5.41) is 3.39. The van der Waals surface area contributed by atoms with E-state index in [1.807, 2.05) is 0 Å². The normalized spacial score (nSPS) is 14.1. The van der Waals surface area contributed by atoms with Gasteiger partial charge in [-0.15, -0.1) is 0 Å². The molecule has 0 aliphatic carbocycles. The number of allylic oxidation sites excluding steroid dienone is 1. The Labute approximate surface area is 172 Å². The molecular weight excluding hydrogens is 375 g/mol. The number of hydrogen-bond acceptors (Lipinski definition) is 1. The van der Waals surface area contributed by atoms with E-state index >= 15 is 0 Å². The van der Waals surface area contributed by atoms with Crippen molar-refractivity contribution in [3.8, 4) is 0 Å². The lowest BCUT2D eigenvalue weighted by atomic mass is 10.2. The van der Waals surface area contributed by atoms with Crippen LogP contribution in [-0.4, -0.2) is 13.7 Å². The standard InChI is InChI=1S/C25H29OPSi/c1-3-20-25(27,21-4-2)26-28(22-14-8-5-9-15-22,23-16-10-6-11-17-23)24-18-12-7-13-19-24/h3,5-20H,4,21,27H2,1-2H3. The first-order chi connectivity index (χ1) is 13.6. The van der Waals surface area contributed by atoms with Crippen LogP contribution in [0.25, 0.3) is 0 Å². The molecule has 2 unspecified atom stereocenters. The third-order valence-corrected chi connectivity index (χ3v) is 9.93. The first-order valence-corrected chi connectivity index (χ1v) is 12.4. The summed E-state index contributed by atoms with van der Waals surface area (Å²) in [6.07, 6.45) is 6.29. The van der Waals surface area contributed by atoms with Crippen LogP contribution in [0, 0.1) is 0 Å². The highest BCUT2D eigenvalue weighted by Gasteiger charge is 2.46. The summed E-state index contributed by atoms with van der Waals surface area (Å²) in [7, 11) is 0.292. The highest BCUT2D eigenvalue weighted by Crippen LogP contribution is 2.32. The van der Waals surface area contributed by atoms with Crippen LogP contribution in [0.4, 0.5) is 0 Å². The van der Waals surface area contributed by atoms with Gasteiger partial charge in [-0.2, -0.15) is 0 Å². The maximum absolute atomic E-state index is 7.28. The Balaban J connectivity index is 2.31. The van der Waals surface area contributed by atoms with Crippen molar-refractivity contribution in [3.05, 3.63) is 103 Å². The smallest absolute Gasteiger partial charge is 0.289 e. The molecule has 0 heterocycles. The van der Waals surface area contributed by atoms with Gasteiger partial charge in [0.15, 0.2) is 0 Å². The van der Waals surface area contributed by atoms with Crippen molar-refractivity contribution in [1.82, 2.24) is 0 Å². The predicted molar refractivity (Wildman–Crippen MR) is 127 cm³/mol. The molecule has 3 heteroatoms. The van der Waals surface area contributed by atoms with Crippen LogP contribution in [0.3, 0.4) is 0 Å². The summed E-state index contributed by atoms with van der Waals surface area (Å²) in [5.41, 5.74) is 0. The molecular formula is C25H29OPSi. The second-order valence-electron chi connectivity index (χ2n) is 7.09. The molecule has 0 saturated carbocycles. The fourth-order valence-corrected chi connectivity index (χ4v) is 8.91. The quantitative estimate of drug-likeness (QED) is 0.230. The Morgan fingerprint density at radius 3 is 1.50 bits per heavy atom. The van der Waals surface area contributed by atoms with E-state index in [-0.39, 0.29) is 0 Å². The molecule has 0 N–H and O–H groups in total. The average molecular weight is 405 g/mol. The molecule has 0 amide bonds.